The third-order valence-electron chi connectivity index (χ3n) is 3.94. The number of hydrogen-bond donors (Lipinski definition) is 2. The zero-order valence-corrected chi connectivity index (χ0v) is 15.2. The van der Waals surface area contributed by atoms with Crippen LogP contribution < -0.4 is 10.6 Å². The number of nitrogens with one attached hydrogen (secondary N) is 2. The topological polar surface area (TPSA) is 70.6 Å². The number of sulfone groups is 1. The Morgan fingerprint density at radius 1 is 1.35 bits per heavy atom. The fourth-order valence-electron chi connectivity index (χ4n) is 2.43. The predicted molar refractivity (Wildman–Crippen MR) is 96.1 cm³/mol. The Balaban J connectivity index is 1.99. The molecule has 0 heterocycles. The molecular formula is C16H24ClN3O2S. The van der Waals surface area contributed by atoms with Gasteiger partial charge in [-0.15, -0.1) is 0 Å². The molecular weight excluding hydrogens is 334 g/mol. The van der Waals surface area contributed by atoms with Crippen molar-refractivity contribution in [3.63, 3.8) is 0 Å². The molecule has 0 spiro atoms. The number of benzene rings is 1. The summed E-state index contributed by atoms with van der Waals surface area (Å²) in [6.45, 7) is 3.74. The maximum absolute atomic E-state index is 11.2. The van der Waals surface area contributed by atoms with Gasteiger partial charge in [-0.3, -0.25) is 4.99 Å². The molecule has 0 aromatic heterocycles. The van der Waals surface area contributed by atoms with E-state index in [0.29, 0.717) is 19.0 Å². The van der Waals surface area contributed by atoms with Crippen LogP contribution in [0.4, 0.5) is 0 Å². The molecule has 2 rings (SSSR count). The molecule has 0 saturated heterocycles. The number of nitrogens with zero attached hydrogens (tertiary/aromatic N) is 1. The van der Waals surface area contributed by atoms with E-state index in [9.17, 15) is 8.42 Å². The molecule has 1 fully saturated rings. The normalized spacial score (nSPS) is 16.9. The van der Waals surface area contributed by atoms with Gasteiger partial charge in [-0.2, -0.15) is 0 Å². The first-order chi connectivity index (χ1) is 10.8. The molecule has 128 valence electrons. The van der Waals surface area contributed by atoms with E-state index < -0.39 is 9.84 Å². The fraction of sp³-hybridized carbons (Fsp3) is 0.562. The van der Waals surface area contributed by atoms with Crippen LogP contribution in [0.1, 0.15) is 25.3 Å². The number of rotatable bonds is 7. The first-order valence-electron chi connectivity index (χ1n) is 7.81. The van der Waals surface area contributed by atoms with E-state index >= 15 is 0 Å². The van der Waals surface area contributed by atoms with E-state index in [4.69, 9.17) is 11.6 Å². The van der Waals surface area contributed by atoms with Gasteiger partial charge >= 0.3 is 0 Å². The molecule has 0 atom stereocenters. The molecule has 0 radical (unpaired) electrons. The lowest BCUT2D eigenvalue weighted by atomic mass is 9.96. The van der Waals surface area contributed by atoms with Gasteiger partial charge in [-0.05, 0) is 37.5 Å². The summed E-state index contributed by atoms with van der Waals surface area (Å²) >= 11 is 6.08. The SMILES string of the molecule is CCNC(=NCC1(c2cccc(Cl)c2)CC1)NCCS(C)(=O)=O. The Morgan fingerprint density at radius 3 is 2.65 bits per heavy atom. The molecule has 0 bridgehead atoms. The minimum Gasteiger partial charge on any atom is -0.357 e. The van der Waals surface area contributed by atoms with Gasteiger partial charge < -0.3 is 10.6 Å². The molecule has 23 heavy (non-hydrogen) atoms. The fourth-order valence-corrected chi connectivity index (χ4v) is 3.10. The third kappa shape index (κ3) is 5.70. The zero-order chi connectivity index (χ0) is 16.9. The lowest BCUT2D eigenvalue weighted by Crippen LogP contribution is -2.40. The summed E-state index contributed by atoms with van der Waals surface area (Å²) in [4.78, 5) is 4.63. The summed E-state index contributed by atoms with van der Waals surface area (Å²) in [6, 6.07) is 7.95. The summed E-state index contributed by atoms with van der Waals surface area (Å²) < 4.78 is 22.4. The Kier molecular flexibility index (Phi) is 5.92. The van der Waals surface area contributed by atoms with Crippen LogP contribution in [-0.4, -0.2) is 46.0 Å². The third-order valence-corrected chi connectivity index (χ3v) is 5.12. The monoisotopic (exact) mass is 357 g/mol. The van der Waals surface area contributed by atoms with Crippen molar-refractivity contribution in [3.05, 3.63) is 34.9 Å². The molecule has 7 heteroatoms. The van der Waals surface area contributed by atoms with Gasteiger partial charge in [0.05, 0.1) is 12.3 Å². The summed E-state index contributed by atoms with van der Waals surface area (Å²) in [5, 5.41) is 6.97. The van der Waals surface area contributed by atoms with E-state index in [1.54, 1.807) is 0 Å². The van der Waals surface area contributed by atoms with Gasteiger partial charge in [-0.25, -0.2) is 8.42 Å². The van der Waals surface area contributed by atoms with Crippen LogP contribution in [-0.2, 0) is 15.3 Å². The average molecular weight is 358 g/mol. The smallest absolute Gasteiger partial charge is 0.191 e. The number of guanidine groups is 1. The van der Waals surface area contributed by atoms with E-state index in [1.807, 2.05) is 25.1 Å². The lowest BCUT2D eigenvalue weighted by molar-refractivity contribution is 0.600. The van der Waals surface area contributed by atoms with Crippen LogP contribution in [0, 0.1) is 0 Å². The van der Waals surface area contributed by atoms with Gasteiger partial charge in [0, 0.05) is 29.8 Å². The maximum Gasteiger partial charge on any atom is 0.191 e. The molecule has 0 unspecified atom stereocenters. The van der Waals surface area contributed by atoms with Crippen molar-refractivity contribution in [2.75, 3.05) is 31.6 Å². The van der Waals surface area contributed by atoms with E-state index in [0.717, 1.165) is 24.4 Å². The summed E-state index contributed by atoms with van der Waals surface area (Å²) in [7, 11) is -2.97. The van der Waals surface area contributed by atoms with Crippen LogP contribution >= 0.6 is 11.6 Å². The van der Waals surface area contributed by atoms with E-state index in [1.165, 1.54) is 11.8 Å². The highest BCUT2D eigenvalue weighted by molar-refractivity contribution is 7.90. The second-order valence-corrected chi connectivity index (χ2v) is 8.74. The molecule has 1 aliphatic rings. The van der Waals surface area contributed by atoms with Gasteiger partial charge in [0.1, 0.15) is 9.84 Å². The second-order valence-electron chi connectivity index (χ2n) is 6.04. The van der Waals surface area contributed by atoms with Crippen LogP contribution in [0.25, 0.3) is 0 Å². The first kappa shape index (κ1) is 18.1. The van der Waals surface area contributed by atoms with Crippen LogP contribution in [0.15, 0.2) is 29.3 Å². The van der Waals surface area contributed by atoms with Gasteiger partial charge in [0.15, 0.2) is 5.96 Å². The van der Waals surface area contributed by atoms with Crippen LogP contribution in [0.3, 0.4) is 0 Å². The molecule has 0 amide bonds. The summed E-state index contributed by atoms with van der Waals surface area (Å²) in [5.74, 6) is 0.751. The van der Waals surface area contributed by atoms with E-state index in [-0.39, 0.29) is 11.2 Å². The molecule has 2 N–H and O–H groups in total. The first-order valence-corrected chi connectivity index (χ1v) is 10.2. The van der Waals surface area contributed by atoms with Crippen molar-refractivity contribution in [2.24, 2.45) is 4.99 Å². The molecule has 1 aromatic carbocycles. The van der Waals surface area contributed by atoms with Crippen LogP contribution in [0.2, 0.25) is 5.02 Å². The highest BCUT2D eigenvalue weighted by Gasteiger charge is 2.44. The minimum atomic E-state index is -2.97. The van der Waals surface area contributed by atoms with Crippen LogP contribution in [0.5, 0.6) is 0 Å². The minimum absolute atomic E-state index is 0.0735. The Labute approximate surface area is 143 Å². The molecule has 1 saturated carbocycles. The number of aliphatic imine (C=N–C) groups is 1. The maximum atomic E-state index is 11.2. The molecule has 1 aliphatic carbocycles. The molecule has 0 aliphatic heterocycles. The van der Waals surface area contributed by atoms with Gasteiger partial charge in [0.25, 0.3) is 0 Å². The predicted octanol–water partition coefficient (Wildman–Crippen LogP) is 1.97. The molecule has 1 aromatic rings. The van der Waals surface area contributed by atoms with Crippen molar-refractivity contribution >= 4 is 27.4 Å². The van der Waals surface area contributed by atoms with E-state index in [2.05, 4.69) is 21.7 Å². The Morgan fingerprint density at radius 2 is 2.09 bits per heavy atom. The van der Waals surface area contributed by atoms with Crippen molar-refractivity contribution in [1.29, 1.82) is 0 Å². The lowest BCUT2D eigenvalue weighted by Gasteiger charge is -2.16. The van der Waals surface area contributed by atoms with Crippen molar-refractivity contribution in [2.45, 2.75) is 25.2 Å². The van der Waals surface area contributed by atoms with Gasteiger partial charge in [0.2, 0.25) is 0 Å². The van der Waals surface area contributed by atoms with Gasteiger partial charge in [-0.1, -0.05) is 23.7 Å². The number of halogens is 1. The zero-order valence-electron chi connectivity index (χ0n) is 13.6. The van der Waals surface area contributed by atoms with Crippen molar-refractivity contribution in [3.8, 4) is 0 Å². The number of hydrogen-bond acceptors (Lipinski definition) is 3. The summed E-state index contributed by atoms with van der Waals surface area (Å²) in [5.41, 5.74) is 1.30. The largest absolute Gasteiger partial charge is 0.357 e. The highest BCUT2D eigenvalue weighted by Crippen LogP contribution is 2.48. The standard InChI is InChI=1S/C16H24ClN3O2S/c1-3-18-15(19-9-10-23(2,21)22)20-12-16(7-8-16)13-5-4-6-14(17)11-13/h4-6,11H,3,7-10,12H2,1-2H3,(H2,18,19,20). The summed E-state index contributed by atoms with van der Waals surface area (Å²) in [6.07, 6.45) is 3.43. The quantitative estimate of drug-likeness (QED) is 0.578. The second kappa shape index (κ2) is 7.53. The Hall–Kier alpha value is -1.27. The molecule has 5 nitrogen and oxygen atoms in total. The van der Waals surface area contributed by atoms with Crippen molar-refractivity contribution < 1.29 is 8.42 Å². The highest BCUT2D eigenvalue weighted by atomic mass is 35.5. The van der Waals surface area contributed by atoms with Crippen molar-refractivity contribution in [1.82, 2.24) is 10.6 Å². The Bertz CT molecular complexity index is 670. The average Bonchev–Trinajstić information content (AvgIpc) is 3.25.